The molecule has 22 heavy (non-hydrogen) atoms. The minimum absolute atomic E-state index is 0.147. The molecular weight excluding hydrogens is 304 g/mol. The van der Waals surface area contributed by atoms with Gasteiger partial charge in [0.1, 0.15) is 0 Å². The average Bonchev–Trinajstić information content (AvgIpc) is 2.97. The van der Waals surface area contributed by atoms with Crippen LogP contribution in [-0.2, 0) is 6.18 Å². The lowest BCUT2D eigenvalue weighted by Crippen LogP contribution is -2.45. The Labute approximate surface area is 125 Å². The van der Waals surface area contributed by atoms with Crippen LogP contribution in [0.25, 0.3) is 0 Å². The third-order valence-electron chi connectivity index (χ3n) is 3.61. The number of halogens is 4. The van der Waals surface area contributed by atoms with Gasteiger partial charge < -0.3 is 10.2 Å². The Bertz CT molecular complexity index is 494. The quantitative estimate of drug-likeness (QED) is 0.684. The zero-order valence-electron chi connectivity index (χ0n) is 11.9. The van der Waals surface area contributed by atoms with E-state index in [1.54, 1.807) is 4.90 Å². The maximum Gasteiger partial charge on any atom is 0.435 e. The van der Waals surface area contributed by atoms with Gasteiger partial charge in [0.25, 0.3) is 0 Å². The lowest BCUT2D eigenvalue weighted by molar-refractivity contribution is -0.141. The van der Waals surface area contributed by atoms with Gasteiger partial charge in [0, 0.05) is 25.8 Å². The van der Waals surface area contributed by atoms with E-state index in [4.69, 9.17) is 0 Å². The van der Waals surface area contributed by atoms with Crippen LogP contribution in [0.15, 0.2) is 12.3 Å². The Morgan fingerprint density at radius 3 is 2.59 bits per heavy atom. The second-order valence-corrected chi connectivity index (χ2v) is 5.17. The van der Waals surface area contributed by atoms with Crippen LogP contribution in [0.5, 0.6) is 0 Å². The highest BCUT2D eigenvalue weighted by Gasteiger charge is 2.34. The molecule has 9 heteroatoms. The fourth-order valence-electron chi connectivity index (χ4n) is 2.40. The van der Waals surface area contributed by atoms with Crippen LogP contribution >= 0.6 is 0 Å². The molecule has 1 saturated heterocycles. The van der Waals surface area contributed by atoms with Crippen LogP contribution in [0.2, 0.25) is 0 Å². The first-order valence-electron chi connectivity index (χ1n) is 7.13. The van der Waals surface area contributed by atoms with Crippen molar-refractivity contribution in [1.29, 1.82) is 0 Å². The van der Waals surface area contributed by atoms with E-state index in [0.717, 1.165) is 6.07 Å². The van der Waals surface area contributed by atoms with E-state index in [1.165, 1.54) is 10.9 Å². The molecule has 0 aromatic carbocycles. The molecule has 1 aromatic heterocycles. The lowest BCUT2D eigenvalue weighted by Gasteiger charge is -2.32. The maximum atomic E-state index is 12.5. The maximum absolute atomic E-state index is 12.5. The van der Waals surface area contributed by atoms with Crippen LogP contribution in [-0.4, -0.2) is 47.0 Å². The van der Waals surface area contributed by atoms with Crippen molar-refractivity contribution in [1.82, 2.24) is 20.0 Å². The molecule has 5 nitrogen and oxygen atoms in total. The fourth-order valence-corrected chi connectivity index (χ4v) is 2.40. The van der Waals surface area contributed by atoms with Crippen molar-refractivity contribution >= 4 is 6.03 Å². The number of carbonyl (C=O) groups excluding carboxylic acids is 1. The summed E-state index contributed by atoms with van der Waals surface area (Å²) in [6, 6.07) is 0.546. The van der Waals surface area contributed by atoms with Gasteiger partial charge in [0.2, 0.25) is 0 Å². The molecule has 1 aliphatic heterocycles. The number of aromatic nitrogens is 2. The number of piperidine rings is 1. The van der Waals surface area contributed by atoms with E-state index in [2.05, 4.69) is 10.4 Å². The smallest absolute Gasteiger partial charge is 0.338 e. The van der Waals surface area contributed by atoms with Gasteiger partial charge in [-0.1, -0.05) is 0 Å². The molecule has 1 aromatic rings. The molecule has 2 amide bonds. The number of amides is 2. The number of nitrogens with one attached hydrogen (secondary N) is 1. The molecule has 1 N–H and O–H groups in total. The highest BCUT2D eigenvalue weighted by atomic mass is 19.4. The number of hydrogen-bond acceptors (Lipinski definition) is 2. The fraction of sp³-hybridized carbons (Fsp3) is 0.692. The molecule has 124 valence electrons. The zero-order chi connectivity index (χ0) is 16.2. The summed E-state index contributed by atoms with van der Waals surface area (Å²) in [5.41, 5.74) is -0.904. The van der Waals surface area contributed by atoms with Gasteiger partial charge in [0.05, 0.1) is 12.7 Å². The van der Waals surface area contributed by atoms with Crippen LogP contribution in [0, 0.1) is 0 Å². The molecular formula is C13H18F4N4O. The summed E-state index contributed by atoms with van der Waals surface area (Å²) in [5.74, 6) is 0. The molecule has 2 heterocycles. The standard InChI is InChI=1S/C13H18F4N4O/c14-5-1-6-18-12(22)20-7-2-10(3-8-20)21-9-4-11(19-21)13(15,16)17/h4,9-10H,1-3,5-8H2,(H,18,22). The van der Waals surface area contributed by atoms with Gasteiger partial charge in [-0.05, 0) is 25.3 Å². The van der Waals surface area contributed by atoms with Gasteiger partial charge in [-0.15, -0.1) is 0 Å². The van der Waals surface area contributed by atoms with Crippen molar-refractivity contribution in [2.75, 3.05) is 26.3 Å². The SMILES string of the molecule is O=C(NCCCF)N1CCC(n2ccc(C(F)(F)F)n2)CC1. The Balaban J connectivity index is 1.84. The van der Waals surface area contributed by atoms with Crippen LogP contribution in [0.4, 0.5) is 22.4 Å². The summed E-state index contributed by atoms with van der Waals surface area (Å²) in [6.07, 6.45) is -1.77. The molecule has 1 aliphatic rings. The van der Waals surface area contributed by atoms with Crippen LogP contribution in [0.1, 0.15) is 31.0 Å². The first-order valence-corrected chi connectivity index (χ1v) is 7.13. The minimum atomic E-state index is -4.44. The summed E-state index contributed by atoms with van der Waals surface area (Å²) < 4.78 is 50.8. The number of urea groups is 1. The largest absolute Gasteiger partial charge is 0.435 e. The third-order valence-corrected chi connectivity index (χ3v) is 3.61. The van der Waals surface area contributed by atoms with Crippen molar-refractivity contribution in [3.63, 3.8) is 0 Å². The molecule has 0 atom stereocenters. The summed E-state index contributed by atoms with van der Waals surface area (Å²) in [5, 5.41) is 6.17. The van der Waals surface area contributed by atoms with Gasteiger partial charge in [-0.2, -0.15) is 18.3 Å². The number of alkyl halides is 4. The molecule has 2 rings (SSSR count). The second-order valence-electron chi connectivity index (χ2n) is 5.17. The molecule has 0 saturated carbocycles. The summed E-state index contributed by atoms with van der Waals surface area (Å²) in [4.78, 5) is 13.4. The van der Waals surface area contributed by atoms with E-state index < -0.39 is 18.5 Å². The molecule has 1 fully saturated rings. The average molecular weight is 322 g/mol. The summed E-state index contributed by atoms with van der Waals surface area (Å²) in [7, 11) is 0. The van der Waals surface area contributed by atoms with E-state index in [0.29, 0.717) is 25.9 Å². The topological polar surface area (TPSA) is 50.2 Å². The predicted molar refractivity (Wildman–Crippen MR) is 71.1 cm³/mol. The van der Waals surface area contributed by atoms with E-state index >= 15 is 0 Å². The van der Waals surface area contributed by atoms with E-state index in [1.807, 2.05) is 0 Å². The van der Waals surface area contributed by atoms with E-state index in [9.17, 15) is 22.4 Å². The number of carbonyl (C=O) groups is 1. The highest BCUT2D eigenvalue weighted by Crippen LogP contribution is 2.29. The van der Waals surface area contributed by atoms with Crippen molar-refractivity contribution < 1.29 is 22.4 Å². The van der Waals surface area contributed by atoms with Crippen LogP contribution < -0.4 is 5.32 Å². The van der Waals surface area contributed by atoms with Gasteiger partial charge in [0.15, 0.2) is 5.69 Å². The second kappa shape index (κ2) is 6.97. The predicted octanol–water partition coefficient (Wildman–Crippen LogP) is 2.61. The first kappa shape index (κ1) is 16.6. The van der Waals surface area contributed by atoms with Gasteiger partial charge >= 0.3 is 12.2 Å². The first-order chi connectivity index (χ1) is 10.4. The van der Waals surface area contributed by atoms with Crippen molar-refractivity contribution in [2.45, 2.75) is 31.5 Å². The van der Waals surface area contributed by atoms with Crippen LogP contribution in [0.3, 0.4) is 0 Å². The summed E-state index contributed by atoms with van der Waals surface area (Å²) in [6.45, 7) is 0.674. The third kappa shape index (κ3) is 4.11. The number of likely N-dealkylation sites (tertiary alicyclic amines) is 1. The monoisotopic (exact) mass is 322 g/mol. The number of rotatable bonds is 4. The molecule has 0 spiro atoms. The van der Waals surface area contributed by atoms with Crippen molar-refractivity contribution in [3.8, 4) is 0 Å². The lowest BCUT2D eigenvalue weighted by atomic mass is 10.1. The van der Waals surface area contributed by atoms with Crippen molar-refractivity contribution in [2.24, 2.45) is 0 Å². The Kier molecular flexibility index (Phi) is 5.25. The Morgan fingerprint density at radius 2 is 2.05 bits per heavy atom. The van der Waals surface area contributed by atoms with Gasteiger partial charge in [-0.25, -0.2) is 4.79 Å². The van der Waals surface area contributed by atoms with E-state index in [-0.39, 0.29) is 25.0 Å². The molecule has 0 aliphatic carbocycles. The van der Waals surface area contributed by atoms with Gasteiger partial charge in [-0.3, -0.25) is 9.07 Å². The molecule has 0 radical (unpaired) electrons. The zero-order valence-corrected chi connectivity index (χ0v) is 11.9. The Morgan fingerprint density at radius 1 is 1.36 bits per heavy atom. The Hall–Kier alpha value is -1.80. The number of hydrogen-bond donors (Lipinski definition) is 1. The molecule has 0 bridgehead atoms. The molecule has 0 unspecified atom stereocenters. The summed E-state index contributed by atoms with van der Waals surface area (Å²) >= 11 is 0. The highest BCUT2D eigenvalue weighted by molar-refractivity contribution is 5.74. The van der Waals surface area contributed by atoms with Crippen molar-refractivity contribution in [3.05, 3.63) is 18.0 Å². The minimum Gasteiger partial charge on any atom is -0.338 e. The normalized spacial score (nSPS) is 16.8. The number of nitrogens with zero attached hydrogens (tertiary/aromatic N) is 3.